The van der Waals surface area contributed by atoms with Crippen molar-refractivity contribution < 1.29 is 46.2 Å². The highest BCUT2D eigenvalue weighted by Crippen LogP contribution is 2.47. The van der Waals surface area contributed by atoms with Crippen LogP contribution < -0.4 is 0 Å². The largest absolute Gasteiger partial charge is 0.462 e. The molecule has 4 aliphatic carbocycles. The molecule has 4 aliphatic rings. The first-order valence-corrected chi connectivity index (χ1v) is 37.1. The molecule has 0 radical (unpaired) electrons. The van der Waals surface area contributed by atoms with Gasteiger partial charge in [0.05, 0.1) is 72.9 Å². The lowest BCUT2D eigenvalue weighted by atomic mass is 9.73. The van der Waals surface area contributed by atoms with Crippen LogP contribution in [0.5, 0.6) is 0 Å². The van der Waals surface area contributed by atoms with Crippen LogP contribution in [0.3, 0.4) is 0 Å². The van der Waals surface area contributed by atoms with E-state index in [0.717, 1.165) is 169 Å². The third kappa shape index (κ3) is 15.6. The van der Waals surface area contributed by atoms with Crippen LogP contribution in [0.2, 0.25) is 0 Å². The van der Waals surface area contributed by atoms with Crippen LogP contribution in [-0.2, 0) is 14.2 Å². The van der Waals surface area contributed by atoms with Crippen molar-refractivity contribution in [2.24, 2.45) is 17.8 Å². The normalized spacial score (nSPS) is 20.3. The van der Waals surface area contributed by atoms with E-state index in [1.807, 2.05) is 75.8 Å². The number of hydrogen-bond donors (Lipinski definition) is 3. The number of hydrogen-bond acceptors (Lipinski definition) is 12. The molecule has 3 atom stereocenters. The summed E-state index contributed by atoms with van der Waals surface area (Å²) >= 11 is 0. The summed E-state index contributed by atoms with van der Waals surface area (Å²) in [5.41, 5.74) is 11.2. The van der Waals surface area contributed by atoms with Gasteiger partial charge in [-0.2, -0.15) is 0 Å². The second kappa shape index (κ2) is 30.4. The summed E-state index contributed by atoms with van der Waals surface area (Å²) in [5.74, 6) is 3.61. The SMILES string of the molecule is CCOC(=O)c1cc2nc([C@H](C)C3CCC(c4ccnc5ccc(F)cc45)CC3)[nH]c2cc1F.C[C@@H](c1nc2ccc(C(=O)OC(C)(C)C)cc2[nH]1)C1CCC(c2ccnc3ccc(F)cc23)CC1.C[C@@H](c1nc2ccc(C(=O)OC3CCC3)cc2[nH]1)C1CCC(c2ccnc3ccc(F)cc23)CC1. The summed E-state index contributed by atoms with van der Waals surface area (Å²) in [6.07, 6.45) is 21.3. The number of pyridine rings is 3. The van der Waals surface area contributed by atoms with Crippen LogP contribution in [0.1, 0.15) is 246 Å². The highest BCUT2D eigenvalue weighted by Gasteiger charge is 2.34. The van der Waals surface area contributed by atoms with E-state index in [0.29, 0.717) is 63.6 Å². The van der Waals surface area contributed by atoms with Crippen molar-refractivity contribution >= 4 is 83.7 Å². The van der Waals surface area contributed by atoms with Crippen molar-refractivity contribution in [2.45, 2.75) is 192 Å². The topological polar surface area (TPSA) is 204 Å². The van der Waals surface area contributed by atoms with Crippen molar-refractivity contribution in [1.29, 1.82) is 0 Å². The quantitative estimate of drug-likeness (QED) is 0.0529. The number of H-pyrrole nitrogens is 3. The van der Waals surface area contributed by atoms with E-state index in [1.165, 1.54) is 47.0 Å². The predicted octanol–water partition coefficient (Wildman–Crippen LogP) is 21.0. The van der Waals surface area contributed by atoms with Crippen LogP contribution in [0.25, 0.3) is 65.8 Å². The van der Waals surface area contributed by atoms with Gasteiger partial charge in [-0.1, -0.05) is 20.8 Å². The number of ether oxygens (including phenoxy) is 3. The number of rotatable bonds is 14. The monoisotopic (exact) mass is 1410 g/mol. The Morgan fingerprint density at radius 3 is 1.19 bits per heavy atom. The fraction of sp³-hybridized carbons (Fsp3) is 0.400. The van der Waals surface area contributed by atoms with Gasteiger partial charge in [0.15, 0.2) is 0 Å². The molecular weight excluding hydrogens is 1320 g/mol. The maximum atomic E-state index is 14.4. The smallest absolute Gasteiger partial charge is 0.341 e. The van der Waals surface area contributed by atoms with E-state index in [1.54, 1.807) is 49.4 Å². The molecule has 6 aromatic heterocycles. The first kappa shape index (κ1) is 71.1. The molecule has 0 saturated heterocycles. The minimum atomic E-state index is -0.679. The lowest BCUT2D eigenvalue weighted by molar-refractivity contribution is 0.00651. The molecule has 0 spiro atoms. The Bertz CT molecular complexity index is 5130. The predicted molar refractivity (Wildman–Crippen MR) is 397 cm³/mol. The second-order valence-electron chi connectivity index (χ2n) is 30.2. The average molecular weight is 1410 g/mol. The van der Waals surface area contributed by atoms with Gasteiger partial charge in [0, 0.05) is 58.6 Å². The van der Waals surface area contributed by atoms with E-state index >= 15 is 0 Å². The minimum Gasteiger partial charge on any atom is -0.462 e. The number of nitrogens with one attached hydrogen (secondary N) is 3. The molecule has 4 saturated carbocycles. The highest BCUT2D eigenvalue weighted by atomic mass is 19.1. The summed E-state index contributed by atoms with van der Waals surface area (Å²) in [6.45, 7) is 14.1. The molecule has 4 fully saturated rings. The molecular formula is C85H89F4N9O6. The Morgan fingerprint density at radius 2 is 0.817 bits per heavy atom. The van der Waals surface area contributed by atoms with Crippen LogP contribution in [0.4, 0.5) is 17.6 Å². The van der Waals surface area contributed by atoms with Crippen LogP contribution >= 0.6 is 0 Å². The van der Waals surface area contributed by atoms with Crippen molar-refractivity contribution in [1.82, 2.24) is 44.9 Å². The number of fused-ring (bicyclic) bond motifs is 6. The molecule has 6 aromatic carbocycles. The first-order valence-electron chi connectivity index (χ1n) is 37.1. The van der Waals surface area contributed by atoms with Gasteiger partial charge in [0.25, 0.3) is 0 Å². The van der Waals surface area contributed by atoms with Crippen LogP contribution in [-0.4, -0.2) is 81.1 Å². The summed E-state index contributed by atoms with van der Waals surface area (Å²) < 4.78 is 72.1. The molecule has 15 nitrogen and oxygen atoms in total. The number of carbonyl (C=O) groups is 3. The van der Waals surface area contributed by atoms with E-state index in [9.17, 15) is 31.9 Å². The van der Waals surface area contributed by atoms with E-state index in [2.05, 4.69) is 67.8 Å². The third-order valence-electron chi connectivity index (χ3n) is 22.5. The molecule has 0 unspecified atom stereocenters. The molecule has 0 amide bonds. The maximum absolute atomic E-state index is 14.4. The van der Waals surface area contributed by atoms with Crippen LogP contribution in [0.15, 0.2) is 140 Å². The van der Waals surface area contributed by atoms with Crippen molar-refractivity contribution in [3.63, 3.8) is 0 Å². The Kier molecular flexibility index (Phi) is 20.8. The number of halogens is 4. The van der Waals surface area contributed by atoms with Gasteiger partial charge >= 0.3 is 17.9 Å². The van der Waals surface area contributed by atoms with Gasteiger partial charge in [0.2, 0.25) is 0 Å². The molecule has 12 aromatic rings. The number of imidazole rings is 3. The molecule has 6 heterocycles. The Balaban J connectivity index is 0.000000132. The number of esters is 3. The number of benzene rings is 6. The van der Waals surface area contributed by atoms with Gasteiger partial charge in [-0.15, -0.1) is 0 Å². The minimum absolute atomic E-state index is 0.0786. The summed E-state index contributed by atoms with van der Waals surface area (Å²) in [5, 5.41) is 2.77. The lowest BCUT2D eigenvalue weighted by Gasteiger charge is -2.32. The Morgan fingerprint density at radius 1 is 0.442 bits per heavy atom. The number of carbonyl (C=O) groups excluding carboxylic acids is 3. The zero-order valence-electron chi connectivity index (χ0n) is 60.0. The number of aromatic amines is 3. The van der Waals surface area contributed by atoms with Crippen molar-refractivity contribution in [2.75, 3.05) is 6.61 Å². The molecule has 0 aliphatic heterocycles. The standard InChI is InChI=1S/C29H30FN3O2.C29H32FN3O2.C27H27F2N3O2/c1-17(28-32-26-11-9-20(15-27(26)33-28)29(34)35-22-3-2-4-22)18-5-7-19(8-6-18)23-13-14-31-25-12-10-21(30)16-24(23)25;1-17(27-32-25-11-9-20(15-26(25)33-27)28(34)35-29(2,3)4)18-5-7-19(8-6-18)22-13-14-31-24-12-10-21(30)16-23(22)24;1-3-34-27(33)21-13-24-25(14-22(21)29)32-26(31-24)15(2)16-4-6-17(7-5-16)19-10-11-30-23-9-8-18(28)12-20(19)23/h9-19,22H,2-8H2,1H3,(H,32,33);9-19H,5-8H2,1-4H3,(H,32,33);8-17H,3-7H2,1-2H3,(H,31,32)/t2*17-,18?,19?;15-,16?,17?/m111/s1. The van der Waals surface area contributed by atoms with E-state index in [-0.39, 0.29) is 59.5 Å². The highest BCUT2D eigenvalue weighted by molar-refractivity contribution is 5.96. The fourth-order valence-electron chi connectivity index (χ4n) is 16.4. The zero-order valence-corrected chi connectivity index (χ0v) is 60.0. The fourth-order valence-corrected chi connectivity index (χ4v) is 16.4. The van der Waals surface area contributed by atoms with Gasteiger partial charge < -0.3 is 29.2 Å². The maximum Gasteiger partial charge on any atom is 0.341 e. The molecule has 0 bridgehead atoms. The zero-order chi connectivity index (χ0) is 72.5. The molecule has 104 heavy (non-hydrogen) atoms. The molecule has 538 valence electrons. The lowest BCUT2D eigenvalue weighted by Crippen LogP contribution is -2.25. The molecule has 3 N–H and O–H groups in total. The Hall–Kier alpha value is -9.91. The summed E-state index contributed by atoms with van der Waals surface area (Å²) in [6, 6.07) is 34.5. The first-order chi connectivity index (χ1) is 50.2. The van der Waals surface area contributed by atoms with Gasteiger partial charge in [0.1, 0.15) is 52.4 Å². The summed E-state index contributed by atoms with van der Waals surface area (Å²) in [7, 11) is 0. The summed E-state index contributed by atoms with van der Waals surface area (Å²) in [4.78, 5) is 74.7. The molecule has 19 heteroatoms. The van der Waals surface area contributed by atoms with E-state index < -0.39 is 17.4 Å². The molecule has 16 rings (SSSR count). The van der Waals surface area contributed by atoms with Crippen LogP contribution in [0, 0.1) is 41.0 Å². The van der Waals surface area contributed by atoms with Gasteiger partial charge in [-0.25, -0.2) is 46.9 Å². The Labute approximate surface area is 602 Å². The van der Waals surface area contributed by atoms with E-state index in [4.69, 9.17) is 24.2 Å². The number of nitrogens with zero attached hydrogens (tertiary/aromatic N) is 6. The van der Waals surface area contributed by atoms with Crippen molar-refractivity contribution in [3.8, 4) is 0 Å². The number of aromatic nitrogens is 9. The second-order valence-corrected chi connectivity index (χ2v) is 30.2. The van der Waals surface area contributed by atoms with Gasteiger partial charge in [-0.3, -0.25) is 15.0 Å². The average Bonchev–Trinajstić information content (AvgIpc) is 1.71. The van der Waals surface area contributed by atoms with Crippen molar-refractivity contribution in [3.05, 3.63) is 214 Å². The van der Waals surface area contributed by atoms with Gasteiger partial charge in [-0.05, 0) is 291 Å². The third-order valence-corrected chi connectivity index (χ3v) is 22.5.